The Labute approximate surface area is 183 Å². The highest BCUT2D eigenvalue weighted by molar-refractivity contribution is 6.04. The number of morpholine rings is 1. The van der Waals surface area contributed by atoms with Crippen LogP contribution in [0.2, 0.25) is 0 Å². The van der Waals surface area contributed by atoms with E-state index in [1.807, 2.05) is 54.9 Å². The van der Waals surface area contributed by atoms with Crippen molar-refractivity contribution in [3.63, 3.8) is 0 Å². The van der Waals surface area contributed by atoms with Gasteiger partial charge in [-0.05, 0) is 57.9 Å². The molecule has 0 unspecified atom stereocenters. The fraction of sp³-hybridized carbons (Fsp3) is 0.458. The third kappa shape index (κ3) is 4.14. The van der Waals surface area contributed by atoms with E-state index in [0.717, 1.165) is 41.4 Å². The normalized spacial score (nSPS) is 18.0. The summed E-state index contributed by atoms with van der Waals surface area (Å²) in [7, 11) is 0. The fourth-order valence-corrected chi connectivity index (χ4v) is 4.44. The van der Waals surface area contributed by atoms with Crippen molar-refractivity contribution in [2.75, 3.05) is 23.7 Å². The molecule has 1 saturated heterocycles. The van der Waals surface area contributed by atoms with Crippen molar-refractivity contribution < 1.29 is 4.74 Å². The first kappa shape index (κ1) is 21.3. The third-order valence-electron chi connectivity index (χ3n) is 5.58. The van der Waals surface area contributed by atoms with E-state index in [4.69, 9.17) is 21.0 Å². The highest BCUT2D eigenvalue weighted by Crippen LogP contribution is 2.31. The van der Waals surface area contributed by atoms with Crippen LogP contribution in [0.1, 0.15) is 47.1 Å². The van der Waals surface area contributed by atoms with E-state index in [9.17, 15) is 0 Å². The maximum Gasteiger partial charge on any atom is 0.154 e. The molecule has 3 aromatic rings. The molecule has 3 heterocycles. The van der Waals surface area contributed by atoms with E-state index >= 15 is 0 Å². The number of ether oxygens (including phenoxy) is 1. The van der Waals surface area contributed by atoms with Gasteiger partial charge in [0.15, 0.2) is 5.65 Å². The molecule has 0 aliphatic carbocycles. The topological polar surface area (TPSA) is 92.5 Å². The first-order valence-corrected chi connectivity index (χ1v) is 10.7. The minimum absolute atomic E-state index is 0.0949. The summed E-state index contributed by atoms with van der Waals surface area (Å²) in [4.78, 5) is 6.82. The molecule has 7 nitrogen and oxygen atoms in total. The summed E-state index contributed by atoms with van der Waals surface area (Å²) in [6, 6.07) is 9.81. The van der Waals surface area contributed by atoms with E-state index in [-0.39, 0.29) is 17.1 Å². The summed E-state index contributed by atoms with van der Waals surface area (Å²) in [6.45, 7) is 14.0. The molecule has 0 atom stereocenters. The number of nitrogens with one attached hydrogen (secondary N) is 1. The van der Waals surface area contributed by atoms with Crippen LogP contribution in [0.15, 0.2) is 36.5 Å². The predicted octanol–water partition coefficient (Wildman–Crippen LogP) is 4.40. The molecule has 1 aliphatic heterocycles. The first-order chi connectivity index (χ1) is 14.5. The molecule has 164 valence electrons. The van der Waals surface area contributed by atoms with Crippen molar-refractivity contribution >= 4 is 22.9 Å². The molecule has 1 fully saturated rings. The lowest BCUT2D eigenvalue weighted by Gasteiger charge is -2.47. The Morgan fingerprint density at radius 1 is 1.10 bits per heavy atom. The van der Waals surface area contributed by atoms with Crippen molar-refractivity contribution in [1.29, 1.82) is 5.41 Å². The smallest absolute Gasteiger partial charge is 0.154 e. The van der Waals surface area contributed by atoms with Gasteiger partial charge in [-0.15, -0.1) is 5.10 Å². The van der Waals surface area contributed by atoms with Gasteiger partial charge in [0.05, 0.1) is 23.1 Å². The highest BCUT2D eigenvalue weighted by Gasteiger charge is 2.38. The molecular weight excluding hydrogens is 388 g/mol. The van der Waals surface area contributed by atoms with Crippen LogP contribution < -0.4 is 10.6 Å². The average molecular weight is 421 g/mol. The quantitative estimate of drug-likeness (QED) is 0.482. The molecule has 7 heteroatoms. The van der Waals surface area contributed by atoms with E-state index in [1.54, 1.807) is 0 Å². The summed E-state index contributed by atoms with van der Waals surface area (Å²) in [5, 5.41) is 13.4. The Kier molecular flexibility index (Phi) is 5.04. The van der Waals surface area contributed by atoms with E-state index < -0.39 is 0 Å². The molecule has 1 aromatic carbocycles. The number of imidazole rings is 1. The number of nitrogens with zero attached hydrogens (tertiary/aromatic N) is 4. The minimum atomic E-state index is -0.265. The van der Waals surface area contributed by atoms with Gasteiger partial charge in [0.1, 0.15) is 5.82 Å². The lowest BCUT2D eigenvalue weighted by Crippen LogP contribution is -2.57. The fourth-order valence-electron chi connectivity index (χ4n) is 4.44. The predicted molar refractivity (Wildman–Crippen MR) is 126 cm³/mol. The van der Waals surface area contributed by atoms with E-state index in [1.165, 1.54) is 0 Å². The number of rotatable bonds is 4. The van der Waals surface area contributed by atoms with E-state index in [0.29, 0.717) is 11.4 Å². The third-order valence-corrected chi connectivity index (χ3v) is 5.58. The molecule has 4 rings (SSSR count). The maximum absolute atomic E-state index is 8.42. The van der Waals surface area contributed by atoms with Gasteiger partial charge in [-0.1, -0.05) is 19.9 Å². The van der Waals surface area contributed by atoms with Crippen LogP contribution in [0.5, 0.6) is 0 Å². The number of anilines is 2. The lowest BCUT2D eigenvalue weighted by molar-refractivity contribution is -0.133. The van der Waals surface area contributed by atoms with Gasteiger partial charge in [-0.2, -0.15) is 0 Å². The summed E-state index contributed by atoms with van der Waals surface area (Å²) in [5.41, 5.74) is 10.1. The molecule has 0 spiro atoms. The van der Waals surface area contributed by atoms with Crippen LogP contribution in [-0.4, -0.2) is 44.6 Å². The number of fused-ring (bicyclic) bond motifs is 1. The van der Waals surface area contributed by atoms with Crippen LogP contribution in [0.25, 0.3) is 16.9 Å². The van der Waals surface area contributed by atoms with Gasteiger partial charge in [-0.3, -0.25) is 0 Å². The Bertz CT molecular complexity index is 1130. The van der Waals surface area contributed by atoms with Crippen LogP contribution in [0.4, 0.5) is 11.5 Å². The van der Waals surface area contributed by atoms with Crippen molar-refractivity contribution in [2.24, 2.45) is 5.92 Å². The number of aromatic nitrogens is 3. The number of nitrogens with two attached hydrogens (primary N) is 1. The molecule has 0 amide bonds. The molecule has 2 aromatic heterocycles. The monoisotopic (exact) mass is 420 g/mol. The van der Waals surface area contributed by atoms with Gasteiger partial charge >= 0.3 is 0 Å². The van der Waals surface area contributed by atoms with Crippen LogP contribution in [0, 0.1) is 11.3 Å². The summed E-state index contributed by atoms with van der Waals surface area (Å²) in [6.07, 6.45) is 1.83. The largest absolute Gasteiger partial charge is 0.398 e. The number of benzene rings is 1. The van der Waals surface area contributed by atoms with Crippen molar-refractivity contribution in [2.45, 2.75) is 52.7 Å². The zero-order valence-corrected chi connectivity index (χ0v) is 19.2. The maximum atomic E-state index is 8.42. The molecule has 0 bridgehead atoms. The minimum Gasteiger partial charge on any atom is -0.398 e. The second-order valence-corrected chi connectivity index (χ2v) is 9.95. The zero-order valence-electron chi connectivity index (χ0n) is 19.2. The van der Waals surface area contributed by atoms with E-state index in [2.05, 4.69) is 37.6 Å². The summed E-state index contributed by atoms with van der Waals surface area (Å²) < 4.78 is 8.10. The standard InChI is InChI=1S/C24H32N6O/c1-15(2)22(26)17-11-16(7-8-18(17)25)19-12-27-20-9-10-21(28-30(19)20)29-13-23(3,4)31-24(5,6)14-29/h7-12,15,26H,13-14,25H2,1-6H3. The number of hydrogen-bond acceptors (Lipinski definition) is 6. The Balaban J connectivity index is 1.77. The zero-order chi connectivity index (χ0) is 22.6. The first-order valence-electron chi connectivity index (χ1n) is 10.7. The second kappa shape index (κ2) is 7.34. The lowest BCUT2D eigenvalue weighted by atomic mass is 9.96. The molecular formula is C24H32N6O. The van der Waals surface area contributed by atoms with Gasteiger partial charge in [0.25, 0.3) is 0 Å². The van der Waals surface area contributed by atoms with Crippen LogP contribution in [-0.2, 0) is 4.74 Å². The van der Waals surface area contributed by atoms with Gasteiger partial charge in [0, 0.05) is 35.6 Å². The van der Waals surface area contributed by atoms with Gasteiger partial charge in [-0.25, -0.2) is 9.50 Å². The number of nitrogen functional groups attached to an aromatic ring is 1. The summed E-state index contributed by atoms with van der Waals surface area (Å²) >= 11 is 0. The molecule has 1 aliphatic rings. The van der Waals surface area contributed by atoms with Crippen molar-refractivity contribution in [3.8, 4) is 11.3 Å². The van der Waals surface area contributed by atoms with Gasteiger partial charge in [0.2, 0.25) is 0 Å². The Hall–Kier alpha value is -2.93. The second-order valence-electron chi connectivity index (χ2n) is 9.95. The van der Waals surface area contributed by atoms with Gasteiger partial charge < -0.3 is 20.8 Å². The Morgan fingerprint density at radius 2 is 1.77 bits per heavy atom. The van der Waals surface area contributed by atoms with Crippen molar-refractivity contribution in [3.05, 3.63) is 42.1 Å². The molecule has 3 N–H and O–H groups in total. The number of hydrogen-bond donors (Lipinski definition) is 2. The molecule has 0 saturated carbocycles. The highest BCUT2D eigenvalue weighted by atomic mass is 16.5. The van der Waals surface area contributed by atoms with Crippen molar-refractivity contribution in [1.82, 2.24) is 14.6 Å². The molecule has 31 heavy (non-hydrogen) atoms. The summed E-state index contributed by atoms with van der Waals surface area (Å²) in [5.74, 6) is 0.985. The Morgan fingerprint density at radius 3 is 2.42 bits per heavy atom. The molecule has 0 radical (unpaired) electrons. The average Bonchev–Trinajstić information content (AvgIpc) is 3.08. The SMILES string of the molecule is CC(C)C(=N)c1cc(-c2cnc3ccc(N4CC(C)(C)OC(C)(C)C4)nn23)ccc1N. The van der Waals surface area contributed by atoms with Crippen LogP contribution in [0.3, 0.4) is 0 Å². The van der Waals surface area contributed by atoms with Crippen LogP contribution >= 0.6 is 0 Å².